The van der Waals surface area contributed by atoms with Crippen LogP contribution in [0.5, 0.6) is 0 Å². The molecule has 4 aromatic heterocycles. The second-order valence-corrected chi connectivity index (χ2v) is 8.72. The van der Waals surface area contributed by atoms with E-state index in [9.17, 15) is 4.79 Å². The topological polar surface area (TPSA) is 90.5 Å². The van der Waals surface area contributed by atoms with Crippen LogP contribution < -0.4 is 10.9 Å². The van der Waals surface area contributed by atoms with E-state index in [0.717, 1.165) is 53.1 Å². The van der Waals surface area contributed by atoms with Crippen molar-refractivity contribution in [3.63, 3.8) is 0 Å². The first-order chi connectivity index (χ1) is 14.6. The molecule has 0 aliphatic heterocycles. The van der Waals surface area contributed by atoms with Crippen LogP contribution in [-0.4, -0.2) is 35.6 Å². The number of hydrogen-bond donors (Lipinski definition) is 1. The average molecular weight is 422 g/mol. The number of fused-ring (bicyclic) bond motifs is 1. The summed E-state index contributed by atoms with van der Waals surface area (Å²) in [5.41, 5.74) is 1.87. The van der Waals surface area contributed by atoms with E-state index in [2.05, 4.69) is 31.5 Å². The fraction of sp³-hybridized carbons (Fsp3) is 0.381. The molecule has 0 unspecified atom stereocenters. The molecular formula is C21H23N7OS. The van der Waals surface area contributed by atoms with Gasteiger partial charge in [0.05, 0.1) is 17.1 Å². The Morgan fingerprint density at radius 1 is 1.07 bits per heavy atom. The molecule has 0 aromatic carbocycles. The molecule has 30 heavy (non-hydrogen) atoms. The largest absolute Gasteiger partial charge is 0.367 e. The molecule has 1 N–H and O–H groups in total. The molecule has 1 fully saturated rings. The van der Waals surface area contributed by atoms with Gasteiger partial charge in [0.15, 0.2) is 5.82 Å². The monoisotopic (exact) mass is 421 g/mol. The van der Waals surface area contributed by atoms with Crippen molar-refractivity contribution in [1.82, 2.24) is 29.5 Å². The number of anilines is 1. The van der Waals surface area contributed by atoms with Gasteiger partial charge in [-0.25, -0.2) is 19.3 Å². The van der Waals surface area contributed by atoms with E-state index in [1.165, 1.54) is 0 Å². The molecule has 5 rings (SSSR count). The summed E-state index contributed by atoms with van der Waals surface area (Å²) < 4.78 is 3.43. The standard InChI is InChI=1S/C21H23N7OS/c1-13-11-14(2)27(25-13)18-7-8-19(29)28(26-18)16-5-3-15(4-6-16)24-20-17-9-10-30-21(17)23-12-22-20/h7-12,15-16H,3-6H2,1-2H3,(H,22,23,24). The smallest absolute Gasteiger partial charge is 0.267 e. The lowest BCUT2D eigenvalue weighted by atomic mass is 9.91. The second-order valence-electron chi connectivity index (χ2n) is 7.82. The number of thiophene rings is 1. The normalized spacial score (nSPS) is 19.3. The maximum absolute atomic E-state index is 12.5. The lowest BCUT2D eigenvalue weighted by molar-refractivity contribution is 0.302. The summed E-state index contributed by atoms with van der Waals surface area (Å²) in [6, 6.07) is 7.82. The van der Waals surface area contributed by atoms with E-state index in [-0.39, 0.29) is 11.6 Å². The summed E-state index contributed by atoms with van der Waals surface area (Å²) in [5.74, 6) is 1.58. The highest BCUT2D eigenvalue weighted by molar-refractivity contribution is 7.16. The number of nitrogens with zero attached hydrogens (tertiary/aromatic N) is 6. The molecular weight excluding hydrogens is 398 g/mol. The molecule has 0 bridgehead atoms. The molecule has 154 valence electrons. The fourth-order valence-corrected chi connectivity index (χ4v) is 4.95. The third-order valence-corrected chi connectivity index (χ3v) is 6.50. The number of rotatable bonds is 4. The van der Waals surface area contributed by atoms with Crippen LogP contribution in [0.15, 0.2) is 40.8 Å². The van der Waals surface area contributed by atoms with Crippen LogP contribution in [0, 0.1) is 13.8 Å². The average Bonchev–Trinajstić information content (AvgIpc) is 3.36. The Kier molecular flexibility index (Phi) is 4.82. The quantitative estimate of drug-likeness (QED) is 0.541. The third kappa shape index (κ3) is 3.49. The summed E-state index contributed by atoms with van der Waals surface area (Å²) in [5, 5.41) is 15.8. The molecule has 8 nitrogen and oxygen atoms in total. The minimum absolute atomic E-state index is 0.0625. The molecule has 4 aromatic rings. The van der Waals surface area contributed by atoms with Gasteiger partial charge in [0.1, 0.15) is 17.0 Å². The maximum Gasteiger partial charge on any atom is 0.267 e. The summed E-state index contributed by atoms with van der Waals surface area (Å²) in [6.07, 6.45) is 5.31. The first kappa shape index (κ1) is 18.9. The molecule has 0 spiro atoms. The zero-order valence-corrected chi connectivity index (χ0v) is 17.8. The highest BCUT2D eigenvalue weighted by atomic mass is 32.1. The zero-order chi connectivity index (χ0) is 20.7. The first-order valence-corrected chi connectivity index (χ1v) is 11.0. The number of nitrogens with one attached hydrogen (secondary N) is 1. The molecule has 1 saturated carbocycles. The molecule has 0 saturated heterocycles. The van der Waals surface area contributed by atoms with Crippen molar-refractivity contribution in [3.8, 4) is 5.82 Å². The van der Waals surface area contributed by atoms with Gasteiger partial charge in [0.2, 0.25) is 0 Å². The number of aromatic nitrogens is 6. The van der Waals surface area contributed by atoms with Gasteiger partial charge in [-0.05, 0) is 63.1 Å². The Morgan fingerprint density at radius 2 is 1.90 bits per heavy atom. The van der Waals surface area contributed by atoms with Crippen molar-refractivity contribution in [1.29, 1.82) is 0 Å². The predicted octanol–water partition coefficient (Wildman–Crippen LogP) is 3.65. The van der Waals surface area contributed by atoms with Crippen molar-refractivity contribution in [2.24, 2.45) is 0 Å². The van der Waals surface area contributed by atoms with E-state index < -0.39 is 0 Å². The van der Waals surface area contributed by atoms with Gasteiger partial charge in [-0.1, -0.05) is 0 Å². The predicted molar refractivity (Wildman–Crippen MR) is 117 cm³/mol. The molecule has 4 heterocycles. The Morgan fingerprint density at radius 3 is 2.67 bits per heavy atom. The van der Waals surface area contributed by atoms with Gasteiger partial charge in [-0.15, -0.1) is 16.4 Å². The van der Waals surface area contributed by atoms with E-state index in [1.54, 1.807) is 39.2 Å². The molecule has 0 amide bonds. The fourth-order valence-electron chi connectivity index (χ4n) is 4.21. The van der Waals surface area contributed by atoms with E-state index in [0.29, 0.717) is 11.9 Å². The highest BCUT2D eigenvalue weighted by Crippen LogP contribution is 2.31. The molecule has 0 radical (unpaired) electrons. The van der Waals surface area contributed by atoms with Gasteiger partial charge < -0.3 is 5.32 Å². The molecule has 1 aliphatic rings. The van der Waals surface area contributed by atoms with Crippen molar-refractivity contribution in [2.45, 2.75) is 51.6 Å². The first-order valence-electron chi connectivity index (χ1n) is 10.2. The van der Waals surface area contributed by atoms with Crippen molar-refractivity contribution in [3.05, 3.63) is 57.7 Å². The molecule has 0 atom stereocenters. The van der Waals surface area contributed by atoms with Crippen LogP contribution in [0.4, 0.5) is 5.82 Å². The van der Waals surface area contributed by atoms with Crippen molar-refractivity contribution >= 4 is 27.4 Å². The number of hydrogen-bond acceptors (Lipinski definition) is 7. The molecule has 9 heteroatoms. The van der Waals surface area contributed by atoms with Crippen molar-refractivity contribution < 1.29 is 0 Å². The van der Waals surface area contributed by atoms with Gasteiger partial charge in [0, 0.05) is 17.8 Å². The molecule has 1 aliphatic carbocycles. The minimum atomic E-state index is -0.0625. The van der Waals surface area contributed by atoms with Crippen LogP contribution in [0.1, 0.15) is 43.1 Å². The lowest BCUT2D eigenvalue weighted by Gasteiger charge is -2.30. The van der Waals surface area contributed by atoms with Gasteiger partial charge >= 0.3 is 0 Å². The Bertz CT molecular complexity index is 1250. The van der Waals surface area contributed by atoms with E-state index in [1.807, 2.05) is 25.3 Å². The highest BCUT2D eigenvalue weighted by Gasteiger charge is 2.25. The van der Waals surface area contributed by atoms with Crippen LogP contribution >= 0.6 is 11.3 Å². The summed E-state index contributed by atoms with van der Waals surface area (Å²) in [7, 11) is 0. The SMILES string of the molecule is Cc1cc(C)n(-c2ccc(=O)n(C3CCC(Nc4ncnc5sccc45)CC3)n2)n1. The van der Waals surface area contributed by atoms with Gasteiger partial charge in [0.25, 0.3) is 5.56 Å². The van der Waals surface area contributed by atoms with Crippen LogP contribution in [-0.2, 0) is 0 Å². The third-order valence-electron chi connectivity index (χ3n) is 5.68. The van der Waals surface area contributed by atoms with Crippen LogP contribution in [0.3, 0.4) is 0 Å². The summed E-state index contributed by atoms with van der Waals surface area (Å²) in [4.78, 5) is 22.3. The van der Waals surface area contributed by atoms with E-state index in [4.69, 9.17) is 0 Å². The Labute approximate surface area is 177 Å². The Hall–Kier alpha value is -3.07. The lowest BCUT2D eigenvalue weighted by Crippen LogP contribution is -2.33. The Balaban J connectivity index is 1.32. The number of aryl methyl sites for hydroxylation is 2. The summed E-state index contributed by atoms with van der Waals surface area (Å²) >= 11 is 1.62. The van der Waals surface area contributed by atoms with Crippen LogP contribution in [0.25, 0.3) is 16.0 Å². The second kappa shape index (κ2) is 7.64. The van der Waals surface area contributed by atoms with Crippen molar-refractivity contribution in [2.75, 3.05) is 5.32 Å². The minimum Gasteiger partial charge on any atom is -0.367 e. The van der Waals surface area contributed by atoms with Crippen LogP contribution in [0.2, 0.25) is 0 Å². The van der Waals surface area contributed by atoms with E-state index >= 15 is 0 Å². The maximum atomic E-state index is 12.5. The summed E-state index contributed by atoms with van der Waals surface area (Å²) in [6.45, 7) is 3.95. The zero-order valence-electron chi connectivity index (χ0n) is 16.9. The van der Waals surface area contributed by atoms with Gasteiger partial charge in [-0.3, -0.25) is 4.79 Å². The van der Waals surface area contributed by atoms with Gasteiger partial charge in [-0.2, -0.15) is 5.10 Å².